The van der Waals surface area contributed by atoms with E-state index in [9.17, 15) is 9.90 Å². The van der Waals surface area contributed by atoms with Crippen molar-refractivity contribution in [3.8, 4) is 11.5 Å². The molecule has 1 aromatic carbocycles. The normalized spacial score (nSPS) is 19.4. The molecule has 4 nitrogen and oxygen atoms in total. The maximum Gasteiger partial charge on any atom is 0.172 e. The standard InChI is InChI=1S/C13H13ClO4/c14-10-5-8(7-15)11-12(18-4-3-17-11)9(10)6-13(16)1-2-13/h5,7,16H,1-4,6H2. The van der Waals surface area contributed by atoms with Crippen molar-refractivity contribution in [2.75, 3.05) is 13.2 Å². The zero-order valence-electron chi connectivity index (χ0n) is 9.74. The van der Waals surface area contributed by atoms with Gasteiger partial charge >= 0.3 is 0 Å². The van der Waals surface area contributed by atoms with Crippen LogP contribution >= 0.6 is 11.6 Å². The van der Waals surface area contributed by atoms with Gasteiger partial charge in [0.05, 0.1) is 11.2 Å². The Morgan fingerprint density at radius 2 is 2.00 bits per heavy atom. The molecular formula is C13H13ClO4. The highest BCUT2D eigenvalue weighted by Crippen LogP contribution is 2.46. The molecule has 3 rings (SSSR count). The predicted octanol–water partition coefficient (Wildman–Crippen LogP) is 1.99. The summed E-state index contributed by atoms with van der Waals surface area (Å²) in [6.45, 7) is 0.844. The maximum atomic E-state index is 11.0. The third-order valence-electron chi connectivity index (χ3n) is 3.35. The van der Waals surface area contributed by atoms with Crippen LogP contribution in [0.15, 0.2) is 6.07 Å². The van der Waals surface area contributed by atoms with Gasteiger partial charge in [0.15, 0.2) is 17.8 Å². The van der Waals surface area contributed by atoms with Crippen molar-refractivity contribution in [1.82, 2.24) is 0 Å². The van der Waals surface area contributed by atoms with Crippen LogP contribution in [0.5, 0.6) is 11.5 Å². The number of aliphatic hydroxyl groups is 1. The van der Waals surface area contributed by atoms with Crippen molar-refractivity contribution >= 4 is 17.9 Å². The summed E-state index contributed by atoms with van der Waals surface area (Å²) >= 11 is 6.17. The molecule has 1 saturated carbocycles. The molecule has 0 atom stereocenters. The molecule has 1 aliphatic heterocycles. The van der Waals surface area contributed by atoms with E-state index in [1.54, 1.807) is 6.07 Å². The van der Waals surface area contributed by atoms with Crippen molar-refractivity contribution in [2.24, 2.45) is 0 Å². The van der Waals surface area contributed by atoms with Gasteiger partial charge in [-0.1, -0.05) is 11.6 Å². The summed E-state index contributed by atoms with van der Waals surface area (Å²) in [5.74, 6) is 0.955. The number of ether oxygens (including phenoxy) is 2. The van der Waals surface area contributed by atoms with Crippen LogP contribution in [0, 0.1) is 0 Å². The molecule has 1 heterocycles. The lowest BCUT2D eigenvalue weighted by molar-refractivity contribution is 0.111. The number of carbonyl (C=O) groups is 1. The molecule has 96 valence electrons. The van der Waals surface area contributed by atoms with Crippen LogP contribution in [0.1, 0.15) is 28.8 Å². The zero-order valence-corrected chi connectivity index (χ0v) is 10.5. The lowest BCUT2D eigenvalue weighted by Gasteiger charge is -2.24. The molecular weight excluding hydrogens is 256 g/mol. The van der Waals surface area contributed by atoms with E-state index < -0.39 is 5.60 Å². The van der Waals surface area contributed by atoms with Gasteiger partial charge in [-0.2, -0.15) is 0 Å². The van der Waals surface area contributed by atoms with Crippen LogP contribution in [0.4, 0.5) is 0 Å². The summed E-state index contributed by atoms with van der Waals surface area (Å²) in [4.78, 5) is 11.0. The van der Waals surface area contributed by atoms with Crippen molar-refractivity contribution in [1.29, 1.82) is 0 Å². The second-order valence-corrected chi connectivity index (χ2v) is 5.21. The van der Waals surface area contributed by atoms with Crippen molar-refractivity contribution in [3.05, 3.63) is 22.2 Å². The monoisotopic (exact) mass is 268 g/mol. The average molecular weight is 269 g/mol. The largest absolute Gasteiger partial charge is 0.486 e. The van der Waals surface area contributed by atoms with E-state index in [1.165, 1.54) is 0 Å². The van der Waals surface area contributed by atoms with Crippen molar-refractivity contribution < 1.29 is 19.4 Å². The van der Waals surface area contributed by atoms with E-state index in [0.29, 0.717) is 48.0 Å². The number of halogens is 1. The van der Waals surface area contributed by atoms with E-state index in [-0.39, 0.29) is 0 Å². The molecule has 0 saturated heterocycles. The molecule has 0 unspecified atom stereocenters. The number of aldehydes is 1. The van der Waals surface area contributed by atoms with E-state index in [4.69, 9.17) is 21.1 Å². The fourth-order valence-corrected chi connectivity index (χ4v) is 2.43. The average Bonchev–Trinajstić information content (AvgIpc) is 3.10. The van der Waals surface area contributed by atoms with Gasteiger partial charge in [-0.15, -0.1) is 0 Å². The van der Waals surface area contributed by atoms with Crippen LogP contribution in [-0.4, -0.2) is 30.2 Å². The molecule has 0 aromatic heterocycles. The number of hydrogen-bond acceptors (Lipinski definition) is 4. The van der Waals surface area contributed by atoms with Crippen LogP contribution in [0.2, 0.25) is 5.02 Å². The minimum atomic E-state index is -0.666. The van der Waals surface area contributed by atoms with Gasteiger partial charge < -0.3 is 14.6 Å². The molecule has 1 fully saturated rings. The van der Waals surface area contributed by atoms with Crippen LogP contribution < -0.4 is 9.47 Å². The van der Waals surface area contributed by atoms with Gasteiger partial charge in [-0.05, 0) is 18.9 Å². The number of rotatable bonds is 3. The Morgan fingerprint density at radius 3 is 2.61 bits per heavy atom. The summed E-state index contributed by atoms with van der Waals surface area (Å²) < 4.78 is 11.1. The summed E-state index contributed by atoms with van der Waals surface area (Å²) in [5, 5.41) is 10.5. The van der Waals surface area contributed by atoms with E-state index in [2.05, 4.69) is 0 Å². The van der Waals surface area contributed by atoms with E-state index >= 15 is 0 Å². The molecule has 2 aliphatic rings. The lowest BCUT2D eigenvalue weighted by atomic mass is 10.0. The second kappa shape index (κ2) is 4.14. The molecule has 1 aromatic rings. The van der Waals surface area contributed by atoms with Gasteiger partial charge in [0.2, 0.25) is 0 Å². The lowest BCUT2D eigenvalue weighted by Crippen LogP contribution is -2.20. The van der Waals surface area contributed by atoms with Gasteiger partial charge in [-0.3, -0.25) is 4.79 Å². The number of hydrogen-bond donors (Lipinski definition) is 1. The third kappa shape index (κ3) is 1.95. The van der Waals surface area contributed by atoms with Gasteiger partial charge in [0, 0.05) is 17.0 Å². The number of fused-ring (bicyclic) bond motifs is 1. The first-order chi connectivity index (χ1) is 8.63. The fourth-order valence-electron chi connectivity index (χ4n) is 2.16. The van der Waals surface area contributed by atoms with Crippen molar-refractivity contribution in [2.45, 2.75) is 24.9 Å². The predicted molar refractivity (Wildman–Crippen MR) is 65.7 cm³/mol. The number of benzene rings is 1. The first-order valence-electron chi connectivity index (χ1n) is 5.91. The van der Waals surface area contributed by atoms with Gasteiger partial charge in [-0.25, -0.2) is 0 Å². The fraction of sp³-hybridized carbons (Fsp3) is 0.462. The van der Waals surface area contributed by atoms with Gasteiger partial charge in [0.25, 0.3) is 0 Å². The van der Waals surface area contributed by atoms with E-state index in [0.717, 1.165) is 18.4 Å². The topological polar surface area (TPSA) is 55.8 Å². The Balaban J connectivity index is 2.09. The highest BCUT2D eigenvalue weighted by molar-refractivity contribution is 6.32. The van der Waals surface area contributed by atoms with Gasteiger partial charge in [0.1, 0.15) is 13.2 Å². The van der Waals surface area contributed by atoms with Crippen molar-refractivity contribution in [3.63, 3.8) is 0 Å². The second-order valence-electron chi connectivity index (χ2n) is 4.80. The summed E-state index contributed by atoms with van der Waals surface area (Å²) in [6.07, 6.45) is 2.69. The zero-order chi connectivity index (χ0) is 12.8. The molecule has 0 amide bonds. The minimum Gasteiger partial charge on any atom is -0.486 e. The molecule has 18 heavy (non-hydrogen) atoms. The minimum absolute atomic E-state index is 0.390. The molecule has 1 N–H and O–H groups in total. The first kappa shape index (κ1) is 11.8. The molecule has 1 aliphatic carbocycles. The SMILES string of the molecule is O=Cc1cc(Cl)c(CC2(O)CC2)c2c1OCCO2. The van der Waals surface area contributed by atoms with Crippen LogP contribution in [-0.2, 0) is 6.42 Å². The molecule has 0 spiro atoms. The quantitative estimate of drug-likeness (QED) is 0.852. The maximum absolute atomic E-state index is 11.0. The Labute approximate surface area is 109 Å². The third-order valence-corrected chi connectivity index (χ3v) is 3.69. The summed E-state index contributed by atoms with van der Waals surface area (Å²) in [6, 6.07) is 1.57. The number of carbonyl (C=O) groups excluding carboxylic acids is 1. The molecule has 0 bridgehead atoms. The Hall–Kier alpha value is -1.26. The highest BCUT2D eigenvalue weighted by Gasteiger charge is 2.42. The molecule has 0 radical (unpaired) electrons. The smallest absolute Gasteiger partial charge is 0.172 e. The van der Waals surface area contributed by atoms with Crippen LogP contribution in [0.3, 0.4) is 0 Å². The Kier molecular flexibility index (Phi) is 2.72. The Morgan fingerprint density at radius 1 is 1.33 bits per heavy atom. The highest BCUT2D eigenvalue weighted by atomic mass is 35.5. The Bertz CT molecular complexity index is 508. The van der Waals surface area contributed by atoms with E-state index in [1.807, 2.05) is 0 Å². The van der Waals surface area contributed by atoms with Crippen LogP contribution in [0.25, 0.3) is 0 Å². The summed E-state index contributed by atoms with van der Waals surface area (Å²) in [7, 11) is 0. The first-order valence-corrected chi connectivity index (χ1v) is 6.29. The summed E-state index contributed by atoms with van der Waals surface area (Å²) in [5.41, 5.74) is 0.458. The molecule has 5 heteroatoms.